The Hall–Kier alpha value is -6.26. The van der Waals surface area contributed by atoms with Crippen molar-refractivity contribution < 1.29 is 0 Å². The second-order valence-corrected chi connectivity index (χ2v) is 13.1. The van der Waals surface area contributed by atoms with Gasteiger partial charge in [0.1, 0.15) is 0 Å². The first-order valence-electron chi connectivity index (χ1n) is 17.3. The van der Waals surface area contributed by atoms with Crippen molar-refractivity contribution >= 4 is 49.4 Å². The van der Waals surface area contributed by atoms with Gasteiger partial charge in [0.05, 0.1) is 33.1 Å². The molecule has 0 N–H and O–H groups in total. The summed E-state index contributed by atoms with van der Waals surface area (Å²) in [5.74, 6) is 0.488. The zero-order valence-corrected chi connectivity index (χ0v) is 27.8. The largest absolute Gasteiger partial charge is 0.308 e. The van der Waals surface area contributed by atoms with Gasteiger partial charge in [-0.05, 0) is 120 Å². The molecule has 0 saturated carbocycles. The molecule has 1 unspecified atom stereocenters. The summed E-state index contributed by atoms with van der Waals surface area (Å²) in [5, 5.41) is 2.28. The number of pyridine rings is 2. The number of hydrogen-bond acceptors (Lipinski definition) is 2. The molecule has 0 aliphatic heterocycles. The number of aromatic nitrogens is 4. The molecule has 50 heavy (non-hydrogen) atoms. The maximum absolute atomic E-state index is 4.90. The quantitative estimate of drug-likeness (QED) is 0.154. The normalized spacial score (nSPS) is 14.5. The standard InChI is InChI=1S/C46H36N4/c1-3-10-31-12-5-14-33(26-31)35-20-22-41-39(28-35)45-43(18-8-24-47-45)49(41)37-16-7-17-38(30-37)50-42-23-21-36(34-15-6-13-32(27-34)11-4-2)29-40(42)46-44(50)19-9-25-48-46/h3-9,12,14-30,32H,1-2,10-11,13H2. The molecular formula is C46H36N4. The molecule has 0 saturated heterocycles. The molecule has 1 aliphatic rings. The number of rotatable bonds is 8. The van der Waals surface area contributed by atoms with Crippen molar-refractivity contribution in [3.8, 4) is 22.5 Å². The van der Waals surface area contributed by atoms with E-state index in [-0.39, 0.29) is 0 Å². The maximum Gasteiger partial charge on any atom is 0.0963 e. The van der Waals surface area contributed by atoms with Gasteiger partial charge in [0.25, 0.3) is 0 Å². The summed E-state index contributed by atoms with van der Waals surface area (Å²) >= 11 is 0. The third kappa shape index (κ3) is 5.00. The van der Waals surface area contributed by atoms with E-state index in [1.807, 2.05) is 36.7 Å². The molecule has 1 aliphatic carbocycles. The highest BCUT2D eigenvalue weighted by Crippen LogP contribution is 2.37. The third-order valence-corrected chi connectivity index (χ3v) is 9.98. The minimum atomic E-state index is 0.488. The van der Waals surface area contributed by atoms with Crippen LogP contribution in [-0.4, -0.2) is 19.1 Å². The van der Waals surface area contributed by atoms with Crippen LogP contribution in [0, 0.1) is 5.92 Å². The Morgan fingerprint density at radius 2 is 1.26 bits per heavy atom. The van der Waals surface area contributed by atoms with Crippen molar-refractivity contribution in [2.24, 2.45) is 5.92 Å². The van der Waals surface area contributed by atoms with Gasteiger partial charge in [0.15, 0.2) is 0 Å². The maximum atomic E-state index is 4.90. The van der Waals surface area contributed by atoms with Gasteiger partial charge in [0.2, 0.25) is 0 Å². The van der Waals surface area contributed by atoms with Crippen molar-refractivity contribution in [3.63, 3.8) is 0 Å². The molecular weight excluding hydrogens is 609 g/mol. The van der Waals surface area contributed by atoms with Crippen LogP contribution in [0.2, 0.25) is 0 Å². The highest BCUT2D eigenvalue weighted by atomic mass is 15.0. The van der Waals surface area contributed by atoms with Crippen molar-refractivity contribution in [3.05, 3.63) is 176 Å². The Labute approximate surface area is 291 Å². The summed E-state index contributed by atoms with van der Waals surface area (Å²) in [6.45, 7) is 7.89. The molecule has 4 nitrogen and oxygen atoms in total. The zero-order chi connectivity index (χ0) is 33.6. The SMILES string of the molecule is C=CCc1cccc(-c2ccc3c(c2)c2ncccc2n3-c2cccc(-n3c4ccc(C5=CC(CC=C)CC=C5)cc4c4ncccc43)c2)c1. The topological polar surface area (TPSA) is 35.6 Å². The monoisotopic (exact) mass is 644 g/mol. The predicted octanol–water partition coefficient (Wildman–Crippen LogP) is 11.6. The summed E-state index contributed by atoms with van der Waals surface area (Å²) in [7, 11) is 0. The Morgan fingerprint density at radius 3 is 1.94 bits per heavy atom. The lowest BCUT2D eigenvalue weighted by molar-refractivity contribution is 0.672. The summed E-state index contributed by atoms with van der Waals surface area (Å²) in [6, 6.07) is 39.5. The lowest BCUT2D eigenvalue weighted by Gasteiger charge is -2.16. The van der Waals surface area contributed by atoms with Crippen molar-refractivity contribution in [1.82, 2.24) is 19.1 Å². The minimum Gasteiger partial charge on any atom is -0.308 e. The van der Waals surface area contributed by atoms with Crippen LogP contribution in [0.25, 0.3) is 71.9 Å². The highest BCUT2D eigenvalue weighted by Gasteiger charge is 2.18. The van der Waals surface area contributed by atoms with E-state index in [4.69, 9.17) is 9.97 Å². The molecule has 9 rings (SSSR count). The van der Waals surface area contributed by atoms with Gasteiger partial charge in [0, 0.05) is 34.5 Å². The van der Waals surface area contributed by atoms with Crippen LogP contribution < -0.4 is 0 Å². The van der Waals surface area contributed by atoms with Crippen LogP contribution in [0.5, 0.6) is 0 Å². The van der Waals surface area contributed by atoms with Crippen LogP contribution in [-0.2, 0) is 6.42 Å². The average Bonchev–Trinajstić information content (AvgIpc) is 3.68. The molecule has 8 aromatic rings. The molecule has 4 heterocycles. The molecule has 0 spiro atoms. The van der Waals surface area contributed by atoms with E-state index in [1.54, 1.807) is 0 Å². The van der Waals surface area contributed by atoms with E-state index in [0.29, 0.717) is 5.92 Å². The van der Waals surface area contributed by atoms with E-state index in [1.165, 1.54) is 27.8 Å². The number of nitrogens with zero attached hydrogens (tertiary/aromatic N) is 4. The van der Waals surface area contributed by atoms with E-state index >= 15 is 0 Å². The van der Waals surface area contributed by atoms with Crippen LogP contribution >= 0.6 is 0 Å². The first-order chi connectivity index (χ1) is 24.7. The van der Waals surface area contributed by atoms with Gasteiger partial charge < -0.3 is 9.13 Å². The minimum absolute atomic E-state index is 0.488. The second kappa shape index (κ2) is 12.3. The Balaban J connectivity index is 1.19. The number of benzene rings is 4. The first kappa shape index (κ1) is 29.8. The molecule has 4 aromatic heterocycles. The Kier molecular flexibility index (Phi) is 7.35. The van der Waals surface area contributed by atoms with E-state index in [9.17, 15) is 0 Å². The van der Waals surface area contributed by atoms with Gasteiger partial charge in [-0.15, -0.1) is 13.2 Å². The summed E-state index contributed by atoms with van der Waals surface area (Å²) in [4.78, 5) is 9.79. The number of allylic oxidation sites excluding steroid dienone is 6. The smallest absolute Gasteiger partial charge is 0.0963 e. The van der Waals surface area contributed by atoms with Crippen LogP contribution in [0.15, 0.2) is 165 Å². The molecule has 0 fully saturated rings. The fourth-order valence-electron chi connectivity index (χ4n) is 7.72. The van der Waals surface area contributed by atoms with E-state index in [0.717, 1.165) is 74.5 Å². The Morgan fingerprint density at radius 1 is 0.620 bits per heavy atom. The summed E-state index contributed by atoms with van der Waals surface area (Å²) in [6.07, 6.45) is 17.6. The third-order valence-electron chi connectivity index (χ3n) is 9.98. The average molecular weight is 645 g/mol. The van der Waals surface area contributed by atoms with Crippen LogP contribution in [0.1, 0.15) is 24.0 Å². The number of hydrogen-bond donors (Lipinski definition) is 0. The summed E-state index contributed by atoms with van der Waals surface area (Å²) in [5.41, 5.74) is 14.7. The highest BCUT2D eigenvalue weighted by molar-refractivity contribution is 6.09. The number of fused-ring (bicyclic) bond motifs is 6. The van der Waals surface area contributed by atoms with E-state index in [2.05, 4.69) is 138 Å². The molecule has 0 bridgehead atoms. The van der Waals surface area contributed by atoms with Crippen molar-refractivity contribution in [2.45, 2.75) is 19.3 Å². The molecule has 240 valence electrons. The second-order valence-electron chi connectivity index (χ2n) is 13.1. The fraction of sp³-hybridized carbons (Fsp3) is 0.0870. The van der Waals surface area contributed by atoms with Crippen LogP contribution in [0.3, 0.4) is 0 Å². The van der Waals surface area contributed by atoms with E-state index < -0.39 is 0 Å². The van der Waals surface area contributed by atoms with Crippen LogP contribution in [0.4, 0.5) is 0 Å². The van der Waals surface area contributed by atoms with Crippen molar-refractivity contribution in [1.29, 1.82) is 0 Å². The van der Waals surface area contributed by atoms with Gasteiger partial charge in [-0.3, -0.25) is 9.97 Å². The molecule has 0 radical (unpaired) electrons. The fourth-order valence-corrected chi connectivity index (χ4v) is 7.72. The predicted molar refractivity (Wildman–Crippen MR) is 210 cm³/mol. The van der Waals surface area contributed by atoms with Gasteiger partial charge in [-0.2, -0.15) is 0 Å². The van der Waals surface area contributed by atoms with Crippen molar-refractivity contribution in [2.75, 3.05) is 0 Å². The van der Waals surface area contributed by atoms with Gasteiger partial charge >= 0.3 is 0 Å². The molecule has 4 heteroatoms. The first-order valence-corrected chi connectivity index (χ1v) is 17.3. The Bertz CT molecular complexity index is 2680. The molecule has 1 atom stereocenters. The lowest BCUT2D eigenvalue weighted by Crippen LogP contribution is -1.99. The zero-order valence-electron chi connectivity index (χ0n) is 27.8. The molecule has 4 aromatic carbocycles. The summed E-state index contributed by atoms with van der Waals surface area (Å²) < 4.78 is 4.68. The lowest BCUT2D eigenvalue weighted by atomic mass is 9.90. The van der Waals surface area contributed by atoms with Gasteiger partial charge in [-0.25, -0.2) is 0 Å². The molecule has 0 amide bonds. The van der Waals surface area contributed by atoms with Gasteiger partial charge in [-0.1, -0.05) is 72.8 Å².